The zero-order chi connectivity index (χ0) is 13.7. The topological polar surface area (TPSA) is 50.8 Å². The van der Waals surface area contributed by atoms with Gasteiger partial charge in [0.05, 0.1) is 6.61 Å². The van der Waals surface area contributed by atoms with Crippen LogP contribution < -0.4 is 5.32 Å². The fourth-order valence-electron chi connectivity index (χ4n) is 2.52. The molecule has 5 nitrogen and oxygen atoms in total. The summed E-state index contributed by atoms with van der Waals surface area (Å²) >= 11 is 0. The minimum atomic E-state index is -0.628. The van der Waals surface area contributed by atoms with Crippen molar-refractivity contribution in [3.05, 3.63) is 0 Å². The van der Waals surface area contributed by atoms with Crippen molar-refractivity contribution in [2.45, 2.75) is 31.3 Å². The van der Waals surface area contributed by atoms with Gasteiger partial charge in [0.1, 0.15) is 5.60 Å². The highest BCUT2D eigenvalue weighted by atomic mass is 16.5. The van der Waals surface area contributed by atoms with Gasteiger partial charge in [-0.1, -0.05) is 0 Å². The van der Waals surface area contributed by atoms with Crippen molar-refractivity contribution in [3.8, 4) is 0 Å². The van der Waals surface area contributed by atoms with Crippen LogP contribution in [0.25, 0.3) is 0 Å². The number of hydrogen-bond donors (Lipinski definition) is 1. The highest BCUT2D eigenvalue weighted by Crippen LogP contribution is 2.28. The number of methoxy groups -OCH3 is 1. The number of rotatable bonds is 7. The second-order valence-corrected chi connectivity index (χ2v) is 5.69. The van der Waals surface area contributed by atoms with Gasteiger partial charge in [-0.05, 0) is 44.7 Å². The summed E-state index contributed by atoms with van der Waals surface area (Å²) in [7, 11) is 3.48. The summed E-state index contributed by atoms with van der Waals surface area (Å²) in [5, 5.41) is 3.26. The molecule has 0 aromatic rings. The Morgan fingerprint density at radius 2 is 2.05 bits per heavy atom. The Hall–Kier alpha value is -0.650. The van der Waals surface area contributed by atoms with E-state index < -0.39 is 5.60 Å². The molecule has 2 aliphatic rings. The largest absolute Gasteiger partial charge is 0.379 e. The van der Waals surface area contributed by atoms with Crippen LogP contribution >= 0.6 is 0 Å². The Labute approximate surface area is 115 Å². The van der Waals surface area contributed by atoms with Crippen molar-refractivity contribution in [3.63, 3.8) is 0 Å². The second-order valence-electron chi connectivity index (χ2n) is 5.69. The van der Waals surface area contributed by atoms with E-state index in [4.69, 9.17) is 9.47 Å². The van der Waals surface area contributed by atoms with Gasteiger partial charge >= 0.3 is 0 Å². The quantitative estimate of drug-likeness (QED) is 0.690. The number of carbonyl (C=O) groups is 1. The average molecular weight is 270 g/mol. The second kappa shape index (κ2) is 6.68. The van der Waals surface area contributed by atoms with E-state index in [-0.39, 0.29) is 5.91 Å². The third-order valence-electron chi connectivity index (χ3n) is 4.16. The van der Waals surface area contributed by atoms with E-state index in [1.807, 2.05) is 7.05 Å². The standard InChI is InChI=1S/C14H26N2O3/c1-16(9-10-19-11-12-3-4-12)13(17)14(18-2)5-7-15-8-6-14/h12,15H,3-11H2,1-2H3. The van der Waals surface area contributed by atoms with Gasteiger partial charge in [0, 0.05) is 27.3 Å². The molecule has 0 bridgehead atoms. The first-order chi connectivity index (χ1) is 9.18. The van der Waals surface area contributed by atoms with E-state index in [9.17, 15) is 4.79 Å². The van der Waals surface area contributed by atoms with Crippen LogP contribution in [0.2, 0.25) is 0 Å². The first-order valence-electron chi connectivity index (χ1n) is 7.27. The minimum Gasteiger partial charge on any atom is -0.379 e. The van der Waals surface area contributed by atoms with Crippen LogP contribution in [0.5, 0.6) is 0 Å². The van der Waals surface area contributed by atoms with E-state index in [1.165, 1.54) is 12.8 Å². The Balaban J connectivity index is 1.75. The van der Waals surface area contributed by atoms with E-state index in [2.05, 4.69) is 5.32 Å². The van der Waals surface area contributed by atoms with Gasteiger partial charge in [-0.25, -0.2) is 0 Å². The number of ether oxygens (including phenoxy) is 2. The summed E-state index contributed by atoms with van der Waals surface area (Å²) in [6.45, 7) is 3.79. The predicted octanol–water partition coefficient (Wildman–Crippen LogP) is 0.640. The molecule has 110 valence electrons. The zero-order valence-corrected chi connectivity index (χ0v) is 12.1. The molecule has 0 unspecified atom stereocenters. The summed E-state index contributed by atoms with van der Waals surface area (Å²) in [6.07, 6.45) is 4.09. The number of nitrogens with one attached hydrogen (secondary N) is 1. The third-order valence-corrected chi connectivity index (χ3v) is 4.16. The van der Waals surface area contributed by atoms with Crippen LogP contribution in [0.15, 0.2) is 0 Å². The van der Waals surface area contributed by atoms with Gasteiger partial charge in [-0.3, -0.25) is 4.79 Å². The van der Waals surface area contributed by atoms with Crippen LogP contribution in [-0.2, 0) is 14.3 Å². The maximum Gasteiger partial charge on any atom is 0.254 e. The maximum atomic E-state index is 12.5. The van der Waals surface area contributed by atoms with Gasteiger partial charge in [0.25, 0.3) is 5.91 Å². The molecule has 2 fully saturated rings. The molecular weight excluding hydrogens is 244 g/mol. The molecule has 0 spiro atoms. The lowest BCUT2D eigenvalue weighted by atomic mass is 9.90. The Morgan fingerprint density at radius 1 is 1.37 bits per heavy atom. The number of carbonyl (C=O) groups excluding carboxylic acids is 1. The Kier molecular flexibility index (Phi) is 5.19. The van der Waals surface area contributed by atoms with Crippen molar-refractivity contribution in [1.82, 2.24) is 10.2 Å². The molecule has 0 radical (unpaired) electrons. The molecule has 1 aliphatic carbocycles. The summed E-state index contributed by atoms with van der Waals surface area (Å²) < 4.78 is 11.1. The Bertz CT molecular complexity index is 299. The van der Waals surface area contributed by atoms with E-state index >= 15 is 0 Å². The minimum absolute atomic E-state index is 0.0894. The number of nitrogens with zero attached hydrogens (tertiary/aromatic N) is 1. The van der Waals surface area contributed by atoms with Crippen molar-refractivity contribution in [1.29, 1.82) is 0 Å². The highest BCUT2D eigenvalue weighted by molar-refractivity contribution is 5.85. The molecule has 1 amide bonds. The summed E-state index contributed by atoms with van der Waals surface area (Å²) in [6, 6.07) is 0. The number of hydrogen-bond acceptors (Lipinski definition) is 4. The molecule has 0 aromatic carbocycles. The summed E-state index contributed by atoms with van der Waals surface area (Å²) in [4.78, 5) is 14.3. The van der Waals surface area contributed by atoms with Crippen LogP contribution in [0.1, 0.15) is 25.7 Å². The lowest BCUT2D eigenvalue weighted by molar-refractivity contribution is -0.157. The van der Waals surface area contributed by atoms with Crippen LogP contribution in [0.4, 0.5) is 0 Å². The van der Waals surface area contributed by atoms with Gasteiger partial charge in [-0.15, -0.1) is 0 Å². The average Bonchev–Trinajstić information content (AvgIpc) is 3.27. The lowest BCUT2D eigenvalue weighted by Crippen LogP contribution is -2.54. The molecule has 0 aromatic heterocycles. The molecule has 1 N–H and O–H groups in total. The molecule has 19 heavy (non-hydrogen) atoms. The van der Waals surface area contributed by atoms with Crippen molar-refractivity contribution in [2.24, 2.45) is 5.92 Å². The van der Waals surface area contributed by atoms with Gasteiger partial charge < -0.3 is 19.7 Å². The highest BCUT2D eigenvalue weighted by Gasteiger charge is 2.41. The van der Waals surface area contributed by atoms with Gasteiger partial charge in [0.15, 0.2) is 0 Å². The van der Waals surface area contributed by atoms with Crippen LogP contribution in [-0.4, -0.2) is 63.4 Å². The first-order valence-corrected chi connectivity index (χ1v) is 7.27. The first kappa shape index (κ1) is 14.8. The molecule has 2 rings (SSSR count). The number of likely N-dealkylation sites (N-methyl/N-ethyl adjacent to an activating group) is 1. The molecule has 1 saturated heterocycles. The molecule has 0 atom stereocenters. The smallest absolute Gasteiger partial charge is 0.254 e. The molecule has 1 saturated carbocycles. The van der Waals surface area contributed by atoms with Gasteiger partial charge in [0.2, 0.25) is 0 Å². The number of piperidine rings is 1. The van der Waals surface area contributed by atoms with E-state index in [0.29, 0.717) is 13.2 Å². The number of amides is 1. The Morgan fingerprint density at radius 3 is 2.63 bits per heavy atom. The lowest BCUT2D eigenvalue weighted by Gasteiger charge is -2.37. The summed E-state index contributed by atoms with van der Waals surface area (Å²) in [5.74, 6) is 0.863. The van der Waals surface area contributed by atoms with E-state index in [1.54, 1.807) is 12.0 Å². The fraction of sp³-hybridized carbons (Fsp3) is 0.929. The molecule has 1 aliphatic heterocycles. The molecule has 5 heteroatoms. The predicted molar refractivity (Wildman–Crippen MR) is 73.0 cm³/mol. The SMILES string of the molecule is COC1(C(=O)N(C)CCOCC2CC2)CCNCC1. The normalized spacial score (nSPS) is 22.2. The van der Waals surface area contributed by atoms with Gasteiger partial charge in [-0.2, -0.15) is 0 Å². The van der Waals surface area contributed by atoms with Crippen LogP contribution in [0, 0.1) is 5.92 Å². The monoisotopic (exact) mass is 270 g/mol. The van der Waals surface area contributed by atoms with E-state index in [0.717, 1.165) is 38.5 Å². The fourth-order valence-corrected chi connectivity index (χ4v) is 2.52. The maximum absolute atomic E-state index is 12.5. The third kappa shape index (κ3) is 3.91. The van der Waals surface area contributed by atoms with Crippen LogP contribution in [0.3, 0.4) is 0 Å². The van der Waals surface area contributed by atoms with Crippen molar-refractivity contribution in [2.75, 3.05) is 47.0 Å². The van der Waals surface area contributed by atoms with Crippen molar-refractivity contribution < 1.29 is 14.3 Å². The van der Waals surface area contributed by atoms with Crippen molar-refractivity contribution >= 4 is 5.91 Å². The molecule has 1 heterocycles. The zero-order valence-electron chi connectivity index (χ0n) is 12.1. The summed E-state index contributed by atoms with van der Waals surface area (Å²) in [5.41, 5.74) is -0.628. The molecular formula is C14H26N2O3.